The van der Waals surface area contributed by atoms with Gasteiger partial charge in [-0.05, 0) is 37.3 Å². The lowest BCUT2D eigenvalue weighted by Gasteiger charge is -2.12. The minimum Gasteiger partial charge on any atom is -0.351 e. The molecule has 5 nitrogen and oxygen atoms in total. The molecule has 0 saturated carbocycles. The van der Waals surface area contributed by atoms with Gasteiger partial charge >= 0.3 is 0 Å². The number of amides is 1. The predicted molar refractivity (Wildman–Crippen MR) is 93.0 cm³/mol. The normalized spacial score (nSPS) is 10.7. The van der Waals surface area contributed by atoms with Crippen LogP contribution in [0.1, 0.15) is 41.9 Å². The highest BCUT2D eigenvalue weighted by Crippen LogP contribution is 2.22. The molecule has 0 saturated heterocycles. The number of rotatable bonds is 6. The summed E-state index contributed by atoms with van der Waals surface area (Å²) in [6.07, 6.45) is 4.04. The lowest BCUT2D eigenvalue weighted by Crippen LogP contribution is -2.26. The van der Waals surface area contributed by atoms with Crippen molar-refractivity contribution in [2.24, 2.45) is 5.92 Å². The zero-order valence-electron chi connectivity index (χ0n) is 14.2. The molecule has 2 N–H and O–H groups in total. The van der Waals surface area contributed by atoms with Crippen molar-refractivity contribution in [1.82, 2.24) is 15.3 Å². The van der Waals surface area contributed by atoms with E-state index in [0.717, 1.165) is 23.2 Å². The Morgan fingerprint density at radius 3 is 2.39 bits per heavy atom. The number of carbonyl (C=O) groups is 1. The van der Waals surface area contributed by atoms with E-state index in [0.29, 0.717) is 24.0 Å². The average Bonchev–Trinajstić information content (AvgIpc) is 2.51. The summed E-state index contributed by atoms with van der Waals surface area (Å²) in [4.78, 5) is 20.5. The molecule has 2 rings (SSSR count). The van der Waals surface area contributed by atoms with Crippen molar-refractivity contribution in [1.29, 1.82) is 0 Å². The molecule has 23 heavy (non-hydrogen) atoms. The number of benzene rings is 1. The fourth-order valence-corrected chi connectivity index (χ4v) is 2.21. The van der Waals surface area contributed by atoms with Gasteiger partial charge in [-0.15, -0.1) is 0 Å². The zero-order valence-corrected chi connectivity index (χ0v) is 14.2. The van der Waals surface area contributed by atoms with Crippen LogP contribution < -0.4 is 10.6 Å². The van der Waals surface area contributed by atoms with E-state index in [4.69, 9.17) is 0 Å². The van der Waals surface area contributed by atoms with Gasteiger partial charge in [-0.2, -0.15) is 0 Å². The van der Waals surface area contributed by atoms with Gasteiger partial charge in [-0.25, -0.2) is 9.97 Å². The molecule has 1 aromatic carbocycles. The van der Waals surface area contributed by atoms with Crippen molar-refractivity contribution < 1.29 is 4.79 Å². The van der Waals surface area contributed by atoms with Gasteiger partial charge in [0.2, 0.25) is 0 Å². The predicted octanol–water partition coefficient (Wildman–Crippen LogP) is 3.61. The zero-order chi connectivity index (χ0) is 16.8. The standard InChI is InChI=1S/C18H24N4O/c1-12(2)8-9-19-18(23)15-10-21-16(11-20-15)22-17-13(3)6-5-7-14(17)4/h5-7,10-12H,8-9H2,1-4H3,(H,19,23)(H,21,22). The van der Waals surface area contributed by atoms with E-state index in [-0.39, 0.29) is 5.91 Å². The van der Waals surface area contributed by atoms with Crippen LogP contribution in [0.3, 0.4) is 0 Å². The Balaban J connectivity index is 2.01. The molecule has 1 aromatic heterocycles. The monoisotopic (exact) mass is 312 g/mol. The highest BCUT2D eigenvalue weighted by molar-refractivity contribution is 5.92. The largest absolute Gasteiger partial charge is 0.351 e. The summed E-state index contributed by atoms with van der Waals surface area (Å²) in [5.41, 5.74) is 3.64. The number of anilines is 2. The number of nitrogens with one attached hydrogen (secondary N) is 2. The van der Waals surface area contributed by atoms with E-state index >= 15 is 0 Å². The van der Waals surface area contributed by atoms with Gasteiger partial charge in [-0.3, -0.25) is 4.79 Å². The number of aryl methyl sites for hydroxylation is 2. The van der Waals surface area contributed by atoms with E-state index in [9.17, 15) is 4.79 Å². The van der Waals surface area contributed by atoms with Crippen molar-refractivity contribution in [3.8, 4) is 0 Å². The average molecular weight is 312 g/mol. The third-order valence-corrected chi connectivity index (χ3v) is 3.63. The molecule has 0 fully saturated rings. The summed E-state index contributed by atoms with van der Waals surface area (Å²) in [7, 11) is 0. The Morgan fingerprint density at radius 1 is 1.13 bits per heavy atom. The van der Waals surface area contributed by atoms with Gasteiger partial charge < -0.3 is 10.6 Å². The van der Waals surface area contributed by atoms with E-state index in [1.807, 2.05) is 32.0 Å². The topological polar surface area (TPSA) is 66.9 Å². The smallest absolute Gasteiger partial charge is 0.271 e. The first-order chi connectivity index (χ1) is 11.0. The number of carbonyl (C=O) groups excluding carboxylic acids is 1. The maximum Gasteiger partial charge on any atom is 0.271 e. The van der Waals surface area contributed by atoms with Crippen LogP contribution in [0.15, 0.2) is 30.6 Å². The van der Waals surface area contributed by atoms with Crippen LogP contribution in [-0.2, 0) is 0 Å². The van der Waals surface area contributed by atoms with Gasteiger partial charge in [0.15, 0.2) is 0 Å². The molecular weight excluding hydrogens is 288 g/mol. The minimum absolute atomic E-state index is 0.184. The van der Waals surface area contributed by atoms with Gasteiger partial charge in [0.25, 0.3) is 5.91 Å². The fraction of sp³-hybridized carbons (Fsp3) is 0.389. The molecule has 0 bridgehead atoms. The number of hydrogen-bond donors (Lipinski definition) is 2. The second kappa shape index (κ2) is 7.72. The molecule has 0 aliphatic carbocycles. The molecule has 1 amide bonds. The third kappa shape index (κ3) is 4.77. The Kier molecular flexibility index (Phi) is 5.68. The molecule has 0 aliphatic heterocycles. The van der Waals surface area contributed by atoms with E-state index in [1.54, 1.807) is 6.20 Å². The number of para-hydroxylation sites is 1. The van der Waals surface area contributed by atoms with Crippen LogP contribution in [0.25, 0.3) is 0 Å². The van der Waals surface area contributed by atoms with E-state index in [2.05, 4.69) is 34.4 Å². The summed E-state index contributed by atoms with van der Waals surface area (Å²) in [6, 6.07) is 6.10. The minimum atomic E-state index is -0.184. The van der Waals surface area contributed by atoms with Crippen LogP contribution in [0.5, 0.6) is 0 Å². The molecule has 122 valence electrons. The van der Waals surface area contributed by atoms with Crippen molar-refractivity contribution in [2.75, 3.05) is 11.9 Å². The summed E-state index contributed by atoms with van der Waals surface area (Å²) in [6.45, 7) is 8.99. The van der Waals surface area contributed by atoms with Gasteiger partial charge in [0.1, 0.15) is 11.5 Å². The first-order valence-corrected chi connectivity index (χ1v) is 7.91. The van der Waals surface area contributed by atoms with Crippen LogP contribution in [0.4, 0.5) is 11.5 Å². The van der Waals surface area contributed by atoms with Crippen molar-refractivity contribution in [2.45, 2.75) is 34.1 Å². The Bertz CT molecular complexity index is 645. The molecular formula is C18H24N4O. The third-order valence-electron chi connectivity index (χ3n) is 3.63. The van der Waals surface area contributed by atoms with E-state index in [1.165, 1.54) is 6.20 Å². The second-order valence-corrected chi connectivity index (χ2v) is 6.12. The first-order valence-electron chi connectivity index (χ1n) is 7.91. The SMILES string of the molecule is Cc1cccc(C)c1Nc1cnc(C(=O)NCCC(C)C)cn1. The molecule has 5 heteroatoms. The lowest BCUT2D eigenvalue weighted by molar-refractivity contribution is 0.0946. The Hall–Kier alpha value is -2.43. The summed E-state index contributed by atoms with van der Waals surface area (Å²) >= 11 is 0. The molecule has 0 aliphatic rings. The van der Waals surface area contributed by atoms with Crippen LogP contribution >= 0.6 is 0 Å². The molecule has 0 spiro atoms. The summed E-state index contributed by atoms with van der Waals surface area (Å²) < 4.78 is 0. The molecule has 0 unspecified atom stereocenters. The van der Waals surface area contributed by atoms with Crippen molar-refractivity contribution >= 4 is 17.4 Å². The van der Waals surface area contributed by atoms with Gasteiger partial charge in [0, 0.05) is 12.2 Å². The lowest BCUT2D eigenvalue weighted by atomic mass is 10.1. The highest BCUT2D eigenvalue weighted by atomic mass is 16.1. The molecule has 0 radical (unpaired) electrons. The van der Waals surface area contributed by atoms with Crippen molar-refractivity contribution in [3.05, 3.63) is 47.4 Å². The molecule has 0 atom stereocenters. The maximum absolute atomic E-state index is 12.0. The van der Waals surface area contributed by atoms with Crippen LogP contribution in [-0.4, -0.2) is 22.4 Å². The van der Waals surface area contributed by atoms with Gasteiger partial charge in [-0.1, -0.05) is 32.0 Å². The number of aromatic nitrogens is 2. The molecule has 1 heterocycles. The first kappa shape index (κ1) is 16.9. The number of nitrogens with zero attached hydrogens (tertiary/aromatic N) is 2. The fourth-order valence-electron chi connectivity index (χ4n) is 2.21. The Morgan fingerprint density at radius 2 is 1.83 bits per heavy atom. The van der Waals surface area contributed by atoms with Crippen molar-refractivity contribution in [3.63, 3.8) is 0 Å². The molecule has 2 aromatic rings. The highest BCUT2D eigenvalue weighted by Gasteiger charge is 2.09. The van der Waals surface area contributed by atoms with Crippen LogP contribution in [0.2, 0.25) is 0 Å². The quantitative estimate of drug-likeness (QED) is 0.855. The second-order valence-electron chi connectivity index (χ2n) is 6.12. The van der Waals surface area contributed by atoms with E-state index < -0.39 is 0 Å². The van der Waals surface area contributed by atoms with Crippen LogP contribution in [0, 0.1) is 19.8 Å². The maximum atomic E-state index is 12.0. The summed E-state index contributed by atoms with van der Waals surface area (Å²) in [5.74, 6) is 1.00. The summed E-state index contributed by atoms with van der Waals surface area (Å²) in [5, 5.41) is 6.12. The van der Waals surface area contributed by atoms with Gasteiger partial charge in [0.05, 0.1) is 12.4 Å². The Labute approximate surface area is 137 Å². The number of hydrogen-bond acceptors (Lipinski definition) is 4.